The first-order valence-corrected chi connectivity index (χ1v) is 7.63. The monoisotopic (exact) mass is 304 g/mol. The Morgan fingerprint density at radius 3 is 2.65 bits per heavy atom. The normalized spacial score (nSPS) is 13.3. The van der Waals surface area contributed by atoms with E-state index < -0.39 is 5.97 Å². The van der Waals surface area contributed by atoms with Crippen LogP contribution in [0.25, 0.3) is 10.9 Å². The minimum absolute atomic E-state index is 0.301. The average molecular weight is 304 g/mol. The lowest BCUT2D eigenvalue weighted by Gasteiger charge is -2.19. The Hall–Kier alpha value is -2.88. The SMILES string of the molecule is Cc1ccc2cc3c(nc2c1)N(c1ccc(C(=O)O)cc1)CC3. The minimum atomic E-state index is -0.905. The fraction of sp³-hybridized carbons (Fsp3) is 0.158. The Balaban J connectivity index is 1.78. The van der Waals surface area contributed by atoms with Gasteiger partial charge >= 0.3 is 5.97 Å². The summed E-state index contributed by atoms with van der Waals surface area (Å²) in [7, 11) is 0. The molecule has 3 aromatic rings. The first kappa shape index (κ1) is 13.8. The molecule has 0 saturated heterocycles. The summed E-state index contributed by atoms with van der Waals surface area (Å²) in [4.78, 5) is 18.0. The number of carboxylic acids is 1. The molecule has 1 N–H and O–H groups in total. The summed E-state index contributed by atoms with van der Waals surface area (Å²) in [5, 5.41) is 10.2. The molecule has 0 unspecified atom stereocenters. The number of rotatable bonds is 2. The summed E-state index contributed by atoms with van der Waals surface area (Å²) < 4.78 is 0. The highest BCUT2D eigenvalue weighted by Gasteiger charge is 2.22. The lowest BCUT2D eigenvalue weighted by molar-refractivity contribution is 0.0697. The highest BCUT2D eigenvalue weighted by Crippen LogP contribution is 2.35. The zero-order chi connectivity index (χ0) is 16.0. The van der Waals surface area contributed by atoms with Crippen LogP contribution >= 0.6 is 0 Å². The molecule has 1 aromatic heterocycles. The molecule has 114 valence electrons. The number of carboxylic acid groups (broad SMARTS) is 1. The van der Waals surface area contributed by atoms with Crippen molar-refractivity contribution in [3.05, 3.63) is 65.2 Å². The number of hydrogen-bond donors (Lipinski definition) is 1. The van der Waals surface area contributed by atoms with Crippen molar-refractivity contribution in [1.82, 2.24) is 4.98 Å². The van der Waals surface area contributed by atoms with Crippen molar-refractivity contribution in [3.63, 3.8) is 0 Å². The van der Waals surface area contributed by atoms with Gasteiger partial charge in [0.05, 0.1) is 11.1 Å². The van der Waals surface area contributed by atoms with Gasteiger partial charge in [-0.05, 0) is 60.9 Å². The fourth-order valence-electron chi connectivity index (χ4n) is 3.10. The summed E-state index contributed by atoms with van der Waals surface area (Å²) in [5.74, 6) is 0.0733. The van der Waals surface area contributed by atoms with E-state index in [2.05, 4.69) is 36.1 Å². The molecule has 23 heavy (non-hydrogen) atoms. The van der Waals surface area contributed by atoms with E-state index in [0.717, 1.165) is 35.4 Å². The van der Waals surface area contributed by atoms with Gasteiger partial charge < -0.3 is 10.0 Å². The molecular formula is C19H16N2O2. The topological polar surface area (TPSA) is 53.4 Å². The fourth-order valence-corrected chi connectivity index (χ4v) is 3.10. The second-order valence-electron chi connectivity index (χ2n) is 5.92. The second-order valence-corrected chi connectivity index (χ2v) is 5.92. The molecule has 0 aliphatic carbocycles. The first-order valence-electron chi connectivity index (χ1n) is 7.63. The number of nitrogens with zero attached hydrogens (tertiary/aromatic N) is 2. The van der Waals surface area contributed by atoms with Gasteiger partial charge in [-0.15, -0.1) is 0 Å². The number of aryl methyl sites for hydroxylation is 1. The standard InChI is InChI=1S/C19H16N2O2/c1-12-2-3-14-11-15-8-9-21(18(15)20-17(14)10-12)16-6-4-13(5-7-16)19(22)23/h2-7,10-11H,8-9H2,1H3,(H,22,23). The molecule has 0 fully saturated rings. The smallest absolute Gasteiger partial charge is 0.335 e. The van der Waals surface area contributed by atoms with Crippen molar-refractivity contribution in [2.24, 2.45) is 0 Å². The maximum atomic E-state index is 11.0. The second kappa shape index (κ2) is 5.09. The van der Waals surface area contributed by atoms with E-state index in [9.17, 15) is 4.79 Å². The third-order valence-electron chi connectivity index (χ3n) is 4.32. The van der Waals surface area contributed by atoms with Gasteiger partial charge in [0.1, 0.15) is 5.82 Å². The lowest BCUT2D eigenvalue weighted by Crippen LogP contribution is -2.14. The van der Waals surface area contributed by atoms with Crippen molar-refractivity contribution >= 4 is 28.4 Å². The third kappa shape index (κ3) is 2.32. The number of benzene rings is 2. The number of anilines is 2. The quantitative estimate of drug-likeness (QED) is 0.779. The molecular weight excluding hydrogens is 288 g/mol. The van der Waals surface area contributed by atoms with Crippen LogP contribution < -0.4 is 4.90 Å². The van der Waals surface area contributed by atoms with E-state index in [0.29, 0.717) is 5.56 Å². The first-order chi connectivity index (χ1) is 11.1. The largest absolute Gasteiger partial charge is 0.478 e. The lowest BCUT2D eigenvalue weighted by atomic mass is 10.1. The average Bonchev–Trinajstić information content (AvgIpc) is 2.95. The van der Waals surface area contributed by atoms with Crippen LogP contribution in [0, 0.1) is 6.92 Å². The van der Waals surface area contributed by atoms with Crippen molar-refractivity contribution in [3.8, 4) is 0 Å². The van der Waals surface area contributed by atoms with Crippen LogP contribution in [0.4, 0.5) is 11.5 Å². The molecule has 4 heteroatoms. The van der Waals surface area contributed by atoms with E-state index in [4.69, 9.17) is 10.1 Å². The van der Waals surface area contributed by atoms with Crippen molar-refractivity contribution in [2.45, 2.75) is 13.3 Å². The Morgan fingerprint density at radius 1 is 1.13 bits per heavy atom. The predicted molar refractivity (Wildman–Crippen MR) is 90.6 cm³/mol. The van der Waals surface area contributed by atoms with Crippen LogP contribution in [0.2, 0.25) is 0 Å². The Bertz CT molecular complexity index is 917. The van der Waals surface area contributed by atoms with Crippen LogP contribution in [-0.2, 0) is 6.42 Å². The molecule has 0 bridgehead atoms. The number of carbonyl (C=O) groups is 1. The number of hydrogen-bond acceptors (Lipinski definition) is 3. The summed E-state index contributed by atoms with van der Waals surface area (Å²) in [5.41, 5.74) is 4.71. The summed E-state index contributed by atoms with van der Waals surface area (Å²) in [6.45, 7) is 2.93. The molecule has 0 radical (unpaired) electrons. The van der Waals surface area contributed by atoms with E-state index in [1.54, 1.807) is 12.1 Å². The van der Waals surface area contributed by atoms with Crippen LogP contribution in [0.15, 0.2) is 48.5 Å². The van der Waals surface area contributed by atoms with Crippen molar-refractivity contribution in [1.29, 1.82) is 0 Å². The van der Waals surface area contributed by atoms with Gasteiger partial charge in [0.2, 0.25) is 0 Å². The number of fused-ring (bicyclic) bond motifs is 2. The van der Waals surface area contributed by atoms with E-state index in [1.807, 2.05) is 12.1 Å². The van der Waals surface area contributed by atoms with E-state index >= 15 is 0 Å². The Kier molecular flexibility index (Phi) is 3.05. The van der Waals surface area contributed by atoms with Gasteiger partial charge in [0, 0.05) is 17.6 Å². The molecule has 0 saturated carbocycles. The van der Waals surface area contributed by atoms with Crippen molar-refractivity contribution in [2.75, 3.05) is 11.4 Å². The molecule has 2 aromatic carbocycles. The predicted octanol–water partition coefficient (Wildman–Crippen LogP) is 3.94. The van der Waals surface area contributed by atoms with Gasteiger partial charge in [0.15, 0.2) is 0 Å². The van der Waals surface area contributed by atoms with Gasteiger partial charge in [-0.1, -0.05) is 12.1 Å². The van der Waals surface area contributed by atoms with Crippen LogP contribution in [-0.4, -0.2) is 22.6 Å². The molecule has 0 amide bonds. The maximum absolute atomic E-state index is 11.0. The van der Waals surface area contributed by atoms with E-state index in [-0.39, 0.29) is 0 Å². The van der Waals surface area contributed by atoms with Crippen LogP contribution in [0.5, 0.6) is 0 Å². The highest BCUT2D eigenvalue weighted by molar-refractivity contribution is 5.88. The number of pyridine rings is 1. The van der Waals surface area contributed by atoms with Gasteiger partial charge in [0.25, 0.3) is 0 Å². The molecule has 2 heterocycles. The third-order valence-corrected chi connectivity index (χ3v) is 4.32. The Morgan fingerprint density at radius 2 is 1.91 bits per heavy atom. The van der Waals surface area contributed by atoms with Gasteiger partial charge in [-0.3, -0.25) is 0 Å². The molecule has 0 atom stereocenters. The van der Waals surface area contributed by atoms with E-state index in [1.165, 1.54) is 11.1 Å². The molecule has 1 aliphatic heterocycles. The zero-order valence-electron chi connectivity index (χ0n) is 12.8. The molecule has 0 spiro atoms. The summed E-state index contributed by atoms with van der Waals surface area (Å²) >= 11 is 0. The summed E-state index contributed by atoms with van der Waals surface area (Å²) in [6.07, 6.45) is 0.951. The Labute approximate surface area is 134 Å². The number of aromatic nitrogens is 1. The summed E-state index contributed by atoms with van der Waals surface area (Å²) in [6, 6.07) is 15.5. The molecule has 4 nitrogen and oxygen atoms in total. The highest BCUT2D eigenvalue weighted by atomic mass is 16.4. The van der Waals surface area contributed by atoms with Crippen LogP contribution in [0.1, 0.15) is 21.5 Å². The zero-order valence-corrected chi connectivity index (χ0v) is 12.8. The molecule has 1 aliphatic rings. The molecule has 4 rings (SSSR count). The van der Waals surface area contributed by atoms with Crippen LogP contribution in [0.3, 0.4) is 0 Å². The minimum Gasteiger partial charge on any atom is -0.478 e. The number of aromatic carboxylic acids is 1. The van der Waals surface area contributed by atoms with Gasteiger partial charge in [-0.25, -0.2) is 9.78 Å². The van der Waals surface area contributed by atoms with Crippen molar-refractivity contribution < 1.29 is 9.90 Å². The maximum Gasteiger partial charge on any atom is 0.335 e. The van der Waals surface area contributed by atoms with Gasteiger partial charge in [-0.2, -0.15) is 0 Å².